The summed E-state index contributed by atoms with van der Waals surface area (Å²) in [6.45, 7) is 3.13. The Hall–Kier alpha value is -2.94. The van der Waals surface area contributed by atoms with E-state index in [1.165, 1.54) is 31.2 Å². The Bertz CT molecular complexity index is 759. The third-order valence-corrected chi connectivity index (χ3v) is 3.92. The molecule has 2 rings (SSSR count). The van der Waals surface area contributed by atoms with Crippen LogP contribution in [0.25, 0.3) is 0 Å². The van der Waals surface area contributed by atoms with Crippen LogP contribution in [0, 0.1) is 10.1 Å². The largest absolute Gasteiger partial charge is 0.465 e. The normalized spacial score (nSPS) is 22.3. The fraction of sp³-hybridized carbons (Fsp3) is 0.375. The highest BCUT2D eigenvalue weighted by Crippen LogP contribution is 2.44. The Morgan fingerprint density at radius 2 is 2.04 bits per heavy atom. The Balaban J connectivity index is 2.70. The van der Waals surface area contributed by atoms with Crippen LogP contribution in [0.5, 0.6) is 0 Å². The van der Waals surface area contributed by atoms with Crippen LogP contribution in [-0.2, 0) is 19.1 Å². The number of allylic oxidation sites excluding steroid dienone is 1. The van der Waals surface area contributed by atoms with Crippen LogP contribution in [0.3, 0.4) is 0 Å². The Morgan fingerprint density at radius 3 is 2.60 bits per heavy atom. The first-order valence-electron chi connectivity index (χ1n) is 7.48. The number of carbonyl (C=O) groups is 2. The van der Waals surface area contributed by atoms with Crippen molar-refractivity contribution in [3.8, 4) is 0 Å². The fourth-order valence-corrected chi connectivity index (χ4v) is 2.93. The van der Waals surface area contributed by atoms with E-state index in [-0.39, 0.29) is 29.1 Å². The van der Waals surface area contributed by atoms with Gasteiger partial charge < -0.3 is 19.9 Å². The van der Waals surface area contributed by atoms with Gasteiger partial charge in [0.1, 0.15) is 0 Å². The summed E-state index contributed by atoms with van der Waals surface area (Å²) in [5.41, 5.74) is -2.60. The van der Waals surface area contributed by atoms with E-state index in [4.69, 9.17) is 4.74 Å². The molecular weight excluding hydrogens is 332 g/mol. The maximum Gasteiger partial charge on any atom is 0.360 e. The number of hydrogen-bond donors (Lipinski definition) is 2. The van der Waals surface area contributed by atoms with Crippen molar-refractivity contribution >= 4 is 17.6 Å². The van der Waals surface area contributed by atoms with E-state index in [0.29, 0.717) is 0 Å². The van der Waals surface area contributed by atoms with Gasteiger partial charge in [0.05, 0.1) is 30.1 Å². The van der Waals surface area contributed by atoms with Crippen molar-refractivity contribution in [1.82, 2.24) is 5.32 Å². The van der Waals surface area contributed by atoms with Gasteiger partial charge in [-0.1, -0.05) is 18.2 Å². The molecular formula is C16H18N2O7. The number of carbonyl (C=O) groups excluding carboxylic acids is 2. The van der Waals surface area contributed by atoms with Crippen molar-refractivity contribution < 1.29 is 29.1 Å². The lowest BCUT2D eigenvalue weighted by atomic mass is 9.83. The number of rotatable bonds is 5. The summed E-state index contributed by atoms with van der Waals surface area (Å²) in [7, 11) is 1.07. The molecule has 0 amide bonds. The molecule has 2 atom stereocenters. The lowest BCUT2D eigenvalue weighted by molar-refractivity contribution is -0.385. The van der Waals surface area contributed by atoms with Crippen LogP contribution >= 0.6 is 0 Å². The van der Waals surface area contributed by atoms with Gasteiger partial charge in [0.2, 0.25) is 5.72 Å². The summed E-state index contributed by atoms with van der Waals surface area (Å²) in [5.74, 6) is -3.22. The summed E-state index contributed by atoms with van der Waals surface area (Å²) in [6.07, 6.45) is 0. The van der Waals surface area contributed by atoms with Gasteiger partial charge in [0.25, 0.3) is 5.69 Å². The van der Waals surface area contributed by atoms with Gasteiger partial charge in [0.15, 0.2) is 0 Å². The minimum Gasteiger partial charge on any atom is -0.465 e. The average molecular weight is 350 g/mol. The maximum absolute atomic E-state index is 12.4. The first-order chi connectivity index (χ1) is 11.8. The number of hydrogen-bond acceptors (Lipinski definition) is 8. The third-order valence-electron chi connectivity index (χ3n) is 3.92. The van der Waals surface area contributed by atoms with E-state index in [1.54, 1.807) is 6.92 Å². The predicted octanol–water partition coefficient (Wildman–Crippen LogP) is 0.980. The van der Waals surface area contributed by atoms with Gasteiger partial charge >= 0.3 is 11.9 Å². The van der Waals surface area contributed by atoms with E-state index in [0.717, 1.165) is 7.11 Å². The summed E-state index contributed by atoms with van der Waals surface area (Å²) in [5, 5.41) is 24.8. The second-order valence-corrected chi connectivity index (χ2v) is 5.39. The number of esters is 2. The van der Waals surface area contributed by atoms with Gasteiger partial charge in [0, 0.05) is 17.3 Å². The monoisotopic (exact) mass is 350 g/mol. The molecule has 1 aromatic rings. The number of nitrogens with zero attached hydrogens (tertiary/aromatic N) is 1. The van der Waals surface area contributed by atoms with Crippen LogP contribution in [0.1, 0.15) is 25.3 Å². The first-order valence-corrected chi connectivity index (χ1v) is 7.48. The molecule has 1 aromatic carbocycles. The fourth-order valence-electron chi connectivity index (χ4n) is 2.93. The molecule has 9 heteroatoms. The Kier molecular flexibility index (Phi) is 5.07. The number of nitro benzene ring substituents is 1. The molecule has 0 saturated heterocycles. The summed E-state index contributed by atoms with van der Waals surface area (Å²) in [4.78, 5) is 35.3. The molecule has 9 nitrogen and oxygen atoms in total. The van der Waals surface area contributed by atoms with Gasteiger partial charge in [-0.3, -0.25) is 10.1 Å². The van der Waals surface area contributed by atoms with Gasteiger partial charge in [-0.15, -0.1) is 0 Å². The van der Waals surface area contributed by atoms with Crippen molar-refractivity contribution in [2.24, 2.45) is 0 Å². The molecule has 25 heavy (non-hydrogen) atoms. The van der Waals surface area contributed by atoms with Crippen molar-refractivity contribution in [2.45, 2.75) is 25.5 Å². The van der Waals surface area contributed by atoms with Crippen LogP contribution in [-0.4, -0.2) is 41.4 Å². The molecule has 0 fully saturated rings. The molecule has 0 unspecified atom stereocenters. The number of ether oxygens (including phenoxy) is 2. The van der Waals surface area contributed by atoms with Gasteiger partial charge in [-0.25, -0.2) is 9.59 Å². The number of para-hydroxylation sites is 1. The lowest BCUT2D eigenvalue weighted by Gasteiger charge is -2.28. The number of benzene rings is 1. The topological polar surface area (TPSA) is 128 Å². The molecule has 1 heterocycles. The standard InChI is InChI=1S/C16H18N2O7/c1-4-25-14(19)12-9(2)17-16(21,15(20)24-3)13(12)10-7-5-6-8-11(10)18(22)23/h5-8,13,17,21H,4H2,1-3H3/t13-,16+/m0/s1. The predicted molar refractivity (Wildman–Crippen MR) is 85.3 cm³/mol. The Morgan fingerprint density at radius 1 is 1.40 bits per heavy atom. The molecule has 134 valence electrons. The molecule has 0 radical (unpaired) electrons. The maximum atomic E-state index is 12.4. The number of methoxy groups -OCH3 is 1. The van der Waals surface area contributed by atoms with Crippen molar-refractivity contribution in [1.29, 1.82) is 0 Å². The van der Waals surface area contributed by atoms with Crippen LogP contribution in [0.4, 0.5) is 5.69 Å². The van der Waals surface area contributed by atoms with E-state index in [2.05, 4.69) is 10.1 Å². The highest BCUT2D eigenvalue weighted by Gasteiger charge is 2.56. The second kappa shape index (κ2) is 6.89. The number of nitrogens with one attached hydrogen (secondary N) is 1. The third kappa shape index (κ3) is 3.05. The van der Waals surface area contributed by atoms with Crippen LogP contribution in [0.15, 0.2) is 35.5 Å². The molecule has 0 spiro atoms. The number of nitro groups is 1. The zero-order chi connectivity index (χ0) is 18.8. The first kappa shape index (κ1) is 18.4. The number of aliphatic hydroxyl groups is 1. The zero-order valence-electron chi connectivity index (χ0n) is 13.9. The molecule has 0 aromatic heterocycles. The summed E-state index contributed by atoms with van der Waals surface area (Å²) >= 11 is 0. The van der Waals surface area contributed by atoms with E-state index in [9.17, 15) is 24.8 Å². The molecule has 2 N–H and O–H groups in total. The quantitative estimate of drug-likeness (QED) is 0.457. The summed E-state index contributed by atoms with van der Waals surface area (Å²) < 4.78 is 9.61. The van der Waals surface area contributed by atoms with Gasteiger partial charge in [-0.05, 0) is 13.8 Å². The van der Waals surface area contributed by atoms with Crippen molar-refractivity contribution in [3.63, 3.8) is 0 Å². The summed E-state index contributed by atoms with van der Waals surface area (Å²) in [6, 6.07) is 5.55. The molecule has 1 aliphatic heterocycles. The van der Waals surface area contributed by atoms with E-state index in [1.807, 2.05) is 0 Å². The van der Waals surface area contributed by atoms with Crippen LogP contribution in [0.2, 0.25) is 0 Å². The van der Waals surface area contributed by atoms with E-state index >= 15 is 0 Å². The SMILES string of the molecule is CCOC(=O)C1=C(C)N[C@](O)(C(=O)OC)[C@H]1c1ccccc1[N+](=O)[O-]. The second-order valence-electron chi connectivity index (χ2n) is 5.39. The van der Waals surface area contributed by atoms with Gasteiger partial charge in [-0.2, -0.15) is 0 Å². The van der Waals surface area contributed by atoms with Crippen LogP contribution < -0.4 is 5.32 Å². The highest BCUT2D eigenvalue weighted by molar-refractivity contribution is 5.96. The zero-order valence-corrected chi connectivity index (χ0v) is 13.9. The minimum absolute atomic E-state index is 0.00666. The van der Waals surface area contributed by atoms with E-state index < -0.39 is 28.5 Å². The lowest BCUT2D eigenvalue weighted by Crippen LogP contribution is -2.53. The molecule has 0 aliphatic carbocycles. The molecule has 0 bridgehead atoms. The average Bonchev–Trinajstić information content (AvgIpc) is 2.85. The smallest absolute Gasteiger partial charge is 0.360 e. The Labute approximate surface area is 143 Å². The minimum atomic E-state index is -2.37. The molecule has 1 aliphatic rings. The van der Waals surface area contributed by atoms with Crippen molar-refractivity contribution in [2.75, 3.05) is 13.7 Å². The van der Waals surface area contributed by atoms with Crippen molar-refractivity contribution in [3.05, 3.63) is 51.2 Å². The molecule has 0 saturated carbocycles. The highest BCUT2D eigenvalue weighted by atomic mass is 16.6.